The average Bonchev–Trinajstić information content (AvgIpc) is 2.77. The lowest BCUT2D eigenvalue weighted by Crippen LogP contribution is -2.37. The Labute approximate surface area is 148 Å². The van der Waals surface area contributed by atoms with Crippen LogP contribution in [0.25, 0.3) is 0 Å². The summed E-state index contributed by atoms with van der Waals surface area (Å²) in [6.07, 6.45) is -1.01. The van der Waals surface area contributed by atoms with E-state index in [4.69, 9.17) is 23.5 Å². The van der Waals surface area contributed by atoms with Crippen LogP contribution in [-0.2, 0) is 18.8 Å². The largest absolute Gasteiger partial charge is 0.499 e. The minimum atomic E-state index is -0.542. The molecule has 7 nitrogen and oxygen atoms in total. The number of alkyl carbamates (subject to hydrolysis) is 1. The second kappa shape index (κ2) is 7.23. The van der Waals surface area contributed by atoms with E-state index < -0.39 is 18.8 Å². The standard InChI is InChI=1S/C17H24BNO6/c1-17(2,3)23-16(20)19-8-14-12-6-5-7-13-15(12)18(25-14)24-11(9-21-4)10-22-13/h5-7,11,14H,8-10H2,1-4H3,(H,19,20). The summed E-state index contributed by atoms with van der Waals surface area (Å²) < 4.78 is 28.3. The number of methoxy groups -OCH3 is 1. The lowest BCUT2D eigenvalue weighted by atomic mass is 9.77. The molecular formula is C17H24BNO6. The first-order valence-electron chi connectivity index (χ1n) is 8.39. The number of ether oxygens (including phenoxy) is 3. The van der Waals surface area contributed by atoms with Gasteiger partial charge in [-0.1, -0.05) is 12.1 Å². The summed E-state index contributed by atoms with van der Waals surface area (Å²) >= 11 is 0. The lowest BCUT2D eigenvalue weighted by molar-refractivity contribution is 0.0292. The normalized spacial score (nSPS) is 22.0. The molecule has 0 radical (unpaired) electrons. The summed E-state index contributed by atoms with van der Waals surface area (Å²) in [5, 5.41) is 2.75. The van der Waals surface area contributed by atoms with Gasteiger partial charge in [0.05, 0.1) is 12.7 Å². The van der Waals surface area contributed by atoms with Crippen LogP contribution in [0, 0.1) is 0 Å². The maximum Gasteiger partial charge on any atom is 0.499 e. The van der Waals surface area contributed by atoms with Crippen molar-refractivity contribution in [2.24, 2.45) is 0 Å². The van der Waals surface area contributed by atoms with E-state index in [1.165, 1.54) is 0 Å². The minimum absolute atomic E-state index is 0.215. The van der Waals surface area contributed by atoms with E-state index >= 15 is 0 Å². The van der Waals surface area contributed by atoms with Gasteiger partial charge in [-0.15, -0.1) is 0 Å². The summed E-state index contributed by atoms with van der Waals surface area (Å²) in [5.41, 5.74) is 1.30. The van der Waals surface area contributed by atoms with Gasteiger partial charge in [-0.05, 0) is 32.4 Å². The monoisotopic (exact) mass is 349 g/mol. The molecule has 2 heterocycles. The topological polar surface area (TPSA) is 75.3 Å². The highest BCUT2D eigenvalue weighted by molar-refractivity contribution is 6.64. The third kappa shape index (κ3) is 4.26. The molecule has 1 amide bonds. The number of rotatable bonds is 4. The molecule has 0 fully saturated rings. The van der Waals surface area contributed by atoms with Crippen LogP contribution >= 0.6 is 0 Å². The fourth-order valence-electron chi connectivity index (χ4n) is 2.93. The predicted molar refractivity (Wildman–Crippen MR) is 92.1 cm³/mol. The average molecular weight is 349 g/mol. The van der Waals surface area contributed by atoms with Crippen molar-refractivity contribution in [2.75, 3.05) is 26.9 Å². The van der Waals surface area contributed by atoms with Crippen molar-refractivity contribution < 1.29 is 28.3 Å². The molecule has 25 heavy (non-hydrogen) atoms. The van der Waals surface area contributed by atoms with Gasteiger partial charge in [0.25, 0.3) is 0 Å². The van der Waals surface area contributed by atoms with Crippen molar-refractivity contribution in [1.82, 2.24) is 5.32 Å². The first-order valence-corrected chi connectivity index (χ1v) is 8.39. The van der Waals surface area contributed by atoms with Crippen LogP contribution in [0.1, 0.15) is 32.4 Å². The van der Waals surface area contributed by atoms with Gasteiger partial charge in [0.1, 0.15) is 24.1 Å². The van der Waals surface area contributed by atoms with Crippen molar-refractivity contribution in [2.45, 2.75) is 38.6 Å². The van der Waals surface area contributed by atoms with E-state index in [0.717, 1.165) is 16.8 Å². The number of hydrogen-bond donors (Lipinski definition) is 1. The van der Waals surface area contributed by atoms with E-state index in [1.54, 1.807) is 7.11 Å². The molecule has 2 aliphatic heterocycles. The van der Waals surface area contributed by atoms with Gasteiger partial charge in [-0.25, -0.2) is 4.79 Å². The Morgan fingerprint density at radius 3 is 2.88 bits per heavy atom. The Morgan fingerprint density at radius 2 is 2.16 bits per heavy atom. The van der Waals surface area contributed by atoms with Crippen molar-refractivity contribution in [3.8, 4) is 5.75 Å². The summed E-state index contributed by atoms with van der Waals surface area (Å²) in [6.45, 7) is 6.59. The Kier molecular flexibility index (Phi) is 5.22. The summed E-state index contributed by atoms with van der Waals surface area (Å²) in [5.74, 6) is 0.751. The zero-order valence-corrected chi connectivity index (χ0v) is 15.0. The maximum atomic E-state index is 11.9. The predicted octanol–water partition coefficient (Wildman–Crippen LogP) is 1.40. The van der Waals surface area contributed by atoms with Crippen LogP contribution in [0.3, 0.4) is 0 Å². The van der Waals surface area contributed by atoms with Crippen LogP contribution in [0.2, 0.25) is 0 Å². The van der Waals surface area contributed by atoms with Gasteiger partial charge in [0.2, 0.25) is 0 Å². The molecule has 0 bridgehead atoms. The van der Waals surface area contributed by atoms with Crippen LogP contribution < -0.4 is 15.5 Å². The fourth-order valence-corrected chi connectivity index (χ4v) is 2.93. The molecule has 2 aliphatic rings. The van der Waals surface area contributed by atoms with E-state index in [-0.39, 0.29) is 12.2 Å². The highest BCUT2D eigenvalue weighted by Gasteiger charge is 2.43. The Hall–Kier alpha value is -1.77. The Morgan fingerprint density at radius 1 is 1.36 bits per heavy atom. The molecule has 0 saturated carbocycles. The first-order chi connectivity index (χ1) is 11.9. The lowest BCUT2D eigenvalue weighted by Gasteiger charge is -2.22. The summed E-state index contributed by atoms with van der Waals surface area (Å²) in [7, 11) is 1.09. The molecule has 0 saturated heterocycles. The molecule has 1 aromatic rings. The molecule has 1 N–H and O–H groups in total. The van der Waals surface area contributed by atoms with Crippen molar-refractivity contribution in [1.29, 1.82) is 0 Å². The molecule has 3 rings (SSSR count). The highest BCUT2D eigenvalue weighted by atomic mass is 16.6. The molecule has 0 aliphatic carbocycles. The van der Waals surface area contributed by atoms with Crippen LogP contribution in [0.4, 0.5) is 4.79 Å². The first kappa shape index (κ1) is 18.0. The molecule has 2 unspecified atom stereocenters. The number of nitrogens with one attached hydrogen (secondary N) is 1. The molecule has 2 atom stereocenters. The molecule has 136 valence electrons. The van der Waals surface area contributed by atoms with E-state index in [0.29, 0.717) is 19.8 Å². The molecular weight excluding hydrogens is 325 g/mol. The van der Waals surface area contributed by atoms with E-state index in [1.807, 2.05) is 39.0 Å². The van der Waals surface area contributed by atoms with Gasteiger partial charge >= 0.3 is 13.2 Å². The van der Waals surface area contributed by atoms with E-state index in [9.17, 15) is 4.79 Å². The van der Waals surface area contributed by atoms with Gasteiger partial charge in [-0.2, -0.15) is 0 Å². The SMILES string of the molecule is COCC1COc2cccc3c2B(O1)OC3CNC(=O)OC(C)(C)C. The molecule has 0 aromatic heterocycles. The summed E-state index contributed by atoms with van der Waals surface area (Å²) in [4.78, 5) is 11.9. The number of hydrogen-bond acceptors (Lipinski definition) is 6. The minimum Gasteiger partial charge on any atom is -0.491 e. The second-order valence-corrected chi connectivity index (χ2v) is 7.12. The maximum absolute atomic E-state index is 11.9. The number of carbonyl (C=O) groups is 1. The van der Waals surface area contributed by atoms with Gasteiger partial charge in [0, 0.05) is 19.1 Å². The third-order valence-electron chi connectivity index (χ3n) is 3.89. The summed E-state index contributed by atoms with van der Waals surface area (Å²) in [6, 6.07) is 5.78. The van der Waals surface area contributed by atoms with Gasteiger partial charge in [-0.3, -0.25) is 0 Å². The molecule has 1 aromatic carbocycles. The second-order valence-electron chi connectivity index (χ2n) is 7.12. The highest BCUT2D eigenvalue weighted by Crippen LogP contribution is 2.30. The van der Waals surface area contributed by atoms with E-state index in [2.05, 4.69) is 5.32 Å². The third-order valence-corrected chi connectivity index (χ3v) is 3.89. The Balaban J connectivity index is 1.70. The molecule has 0 spiro atoms. The van der Waals surface area contributed by atoms with Gasteiger partial charge in [0.15, 0.2) is 0 Å². The quantitative estimate of drug-likeness (QED) is 0.829. The van der Waals surface area contributed by atoms with Crippen LogP contribution in [0.15, 0.2) is 18.2 Å². The number of benzene rings is 1. The smallest absolute Gasteiger partial charge is 0.491 e. The molecule has 8 heteroatoms. The number of amides is 1. The fraction of sp³-hybridized carbons (Fsp3) is 0.588. The van der Waals surface area contributed by atoms with Crippen LogP contribution in [0.5, 0.6) is 5.75 Å². The zero-order chi connectivity index (χ0) is 18.0. The van der Waals surface area contributed by atoms with Crippen molar-refractivity contribution >= 4 is 18.7 Å². The zero-order valence-electron chi connectivity index (χ0n) is 15.0. The Bertz CT molecular complexity index is 632. The van der Waals surface area contributed by atoms with Crippen LogP contribution in [-0.4, -0.2) is 51.8 Å². The van der Waals surface area contributed by atoms with Gasteiger partial charge < -0.3 is 28.8 Å². The van der Waals surface area contributed by atoms with Crippen molar-refractivity contribution in [3.05, 3.63) is 23.8 Å². The van der Waals surface area contributed by atoms with Crippen molar-refractivity contribution in [3.63, 3.8) is 0 Å². The number of carbonyl (C=O) groups excluding carboxylic acids is 1.